The molecule has 1 aliphatic heterocycles. The lowest BCUT2D eigenvalue weighted by Crippen LogP contribution is -2.39. The van der Waals surface area contributed by atoms with E-state index in [0.717, 1.165) is 24.7 Å². The maximum absolute atomic E-state index is 5.97. The van der Waals surface area contributed by atoms with Crippen molar-refractivity contribution in [1.29, 1.82) is 0 Å². The average Bonchev–Trinajstić information content (AvgIpc) is 2.65. The lowest BCUT2D eigenvalue weighted by molar-refractivity contribution is 0.548. The molecule has 0 aromatic carbocycles. The number of nitrogens with one attached hydrogen (secondary N) is 1. The first-order valence-corrected chi connectivity index (χ1v) is 7.14. The van der Waals surface area contributed by atoms with Crippen molar-refractivity contribution >= 4 is 11.6 Å². The third kappa shape index (κ3) is 4.67. The maximum Gasteiger partial charge on any atom is 0.134 e. The van der Waals surface area contributed by atoms with Crippen molar-refractivity contribution in [3.63, 3.8) is 0 Å². The van der Waals surface area contributed by atoms with E-state index in [1.54, 1.807) is 6.33 Å². The molecule has 0 radical (unpaired) electrons. The molecule has 5 heteroatoms. The summed E-state index contributed by atoms with van der Waals surface area (Å²) in [7, 11) is 0. The Labute approximate surface area is 115 Å². The van der Waals surface area contributed by atoms with Crippen LogP contribution in [0.5, 0.6) is 0 Å². The Morgan fingerprint density at radius 2 is 1.89 bits per heavy atom. The summed E-state index contributed by atoms with van der Waals surface area (Å²) < 4.78 is 0. The van der Waals surface area contributed by atoms with Gasteiger partial charge >= 0.3 is 0 Å². The number of hydrogen-bond acceptors (Lipinski definition) is 5. The molecule has 0 bridgehead atoms. The summed E-state index contributed by atoms with van der Waals surface area (Å²) in [6.45, 7) is 6.88. The predicted molar refractivity (Wildman–Crippen MR) is 79.5 cm³/mol. The van der Waals surface area contributed by atoms with Crippen LogP contribution in [0.25, 0.3) is 0 Å². The highest BCUT2D eigenvalue weighted by Gasteiger charge is 2.13. The number of nitrogens with zero attached hydrogens (tertiary/aromatic N) is 3. The highest BCUT2D eigenvalue weighted by molar-refractivity contribution is 5.48. The first-order valence-electron chi connectivity index (χ1n) is 7.14. The van der Waals surface area contributed by atoms with Crippen LogP contribution in [-0.2, 0) is 0 Å². The first-order chi connectivity index (χ1) is 9.04. The third-order valence-electron chi connectivity index (χ3n) is 3.31. The quantitative estimate of drug-likeness (QED) is 0.869. The maximum atomic E-state index is 5.97. The highest BCUT2D eigenvalue weighted by Crippen LogP contribution is 2.19. The highest BCUT2D eigenvalue weighted by atomic mass is 15.2. The first kappa shape index (κ1) is 14.1. The summed E-state index contributed by atoms with van der Waals surface area (Å²) in [5.41, 5.74) is 5.73. The Morgan fingerprint density at radius 3 is 2.53 bits per heavy atom. The minimum atomic E-state index is -0.242. The molecule has 1 aromatic heterocycles. The molecule has 0 amide bonds. The molecule has 2 rings (SSSR count). The number of aromatic nitrogens is 2. The van der Waals surface area contributed by atoms with Crippen LogP contribution < -0.4 is 16.0 Å². The normalized spacial score (nSPS) is 17.1. The Hall–Kier alpha value is -1.36. The number of hydrogen-bond donors (Lipinski definition) is 2. The second-order valence-electron chi connectivity index (χ2n) is 6.00. The molecule has 2 heterocycles. The van der Waals surface area contributed by atoms with Crippen LogP contribution in [0.2, 0.25) is 0 Å². The van der Waals surface area contributed by atoms with Gasteiger partial charge in [0, 0.05) is 31.2 Å². The van der Waals surface area contributed by atoms with Gasteiger partial charge in [0.05, 0.1) is 0 Å². The van der Waals surface area contributed by atoms with Crippen molar-refractivity contribution in [1.82, 2.24) is 9.97 Å². The summed E-state index contributed by atoms with van der Waals surface area (Å²) in [5, 5.41) is 3.28. The summed E-state index contributed by atoms with van der Waals surface area (Å²) in [6, 6.07) is 2.02. The van der Waals surface area contributed by atoms with Crippen molar-refractivity contribution in [2.45, 2.75) is 45.1 Å². The van der Waals surface area contributed by atoms with Crippen LogP contribution in [0.4, 0.5) is 11.6 Å². The SMILES string of the molecule is CC(C)(N)CNc1cc(N2CCCCCC2)ncn1. The molecule has 0 spiro atoms. The van der Waals surface area contributed by atoms with E-state index in [4.69, 9.17) is 5.73 Å². The van der Waals surface area contributed by atoms with E-state index in [-0.39, 0.29) is 5.54 Å². The standard InChI is InChI=1S/C14H25N5/c1-14(2,15)10-16-12-9-13(18-11-17-12)19-7-5-3-4-6-8-19/h9,11H,3-8,10,15H2,1-2H3,(H,16,17,18). The zero-order valence-corrected chi connectivity index (χ0v) is 12.0. The molecule has 0 aliphatic carbocycles. The zero-order valence-electron chi connectivity index (χ0n) is 12.0. The molecule has 1 aromatic rings. The number of rotatable bonds is 4. The molecular formula is C14H25N5. The lowest BCUT2D eigenvalue weighted by Gasteiger charge is -2.23. The van der Waals surface area contributed by atoms with Crippen molar-refractivity contribution < 1.29 is 0 Å². The summed E-state index contributed by atoms with van der Waals surface area (Å²) in [6.07, 6.45) is 6.79. The van der Waals surface area contributed by atoms with Crippen LogP contribution in [0, 0.1) is 0 Å². The van der Waals surface area contributed by atoms with Crippen molar-refractivity contribution in [3.05, 3.63) is 12.4 Å². The average molecular weight is 263 g/mol. The Morgan fingerprint density at radius 1 is 1.21 bits per heavy atom. The molecule has 0 saturated carbocycles. The van der Waals surface area contributed by atoms with Crippen LogP contribution >= 0.6 is 0 Å². The Kier molecular flexibility index (Phi) is 4.58. The molecule has 0 unspecified atom stereocenters. The summed E-state index contributed by atoms with van der Waals surface area (Å²) >= 11 is 0. The summed E-state index contributed by atoms with van der Waals surface area (Å²) in [4.78, 5) is 11.0. The van der Waals surface area contributed by atoms with E-state index in [1.165, 1.54) is 25.7 Å². The fourth-order valence-corrected chi connectivity index (χ4v) is 2.23. The van der Waals surface area contributed by atoms with Crippen molar-refractivity contribution in [2.24, 2.45) is 5.73 Å². The van der Waals surface area contributed by atoms with Gasteiger partial charge in [-0.05, 0) is 26.7 Å². The molecule has 1 saturated heterocycles. The molecule has 0 atom stereocenters. The fourth-order valence-electron chi connectivity index (χ4n) is 2.23. The second-order valence-corrected chi connectivity index (χ2v) is 6.00. The fraction of sp³-hybridized carbons (Fsp3) is 0.714. The van der Waals surface area contributed by atoms with E-state index in [0.29, 0.717) is 6.54 Å². The summed E-state index contributed by atoms with van der Waals surface area (Å²) in [5.74, 6) is 1.88. The molecular weight excluding hydrogens is 238 g/mol. The van der Waals surface area contributed by atoms with Gasteiger partial charge in [-0.15, -0.1) is 0 Å². The van der Waals surface area contributed by atoms with Gasteiger partial charge in [-0.25, -0.2) is 9.97 Å². The molecule has 19 heavy (non-hydrogen) atoms. The number of nitrogens with two attached hydrogens (primary N) is 1. The van der Waals surface area contributed by atoms with Crippen LogP contribution in [0.15, 0.2) is 12.4 Å². The predicted octanol–water partition coefficient (Wildman–Crippen LogP) is 2.01. The molecule has 5 nitrogen and oxygen atoms in total. The van der Waals surface area contributed by atoms with Gasteiger partial charge in [0.1, 0.15) is 18.0 Å². The van der Waals surface area contributed by atoms with Crippen molar-refractivity contribution in [3.8, 4) is 0 Å². The monoisotopic (exact) mass is 263 g/mol. The number of anilines is 2. The molecule has 3 N–H and O–H groups in total. The van der Waals surface area contributed by atoms with Gasteiger partial charge < -0.3 is 16.0 Å². The minimum Gasteiger partial charge on any atom is -0.368 e. The minimum absolute atomic E-state index is 0.242. The van der Waals surface area contributed by atoms with Gasteiger partial charge in [-0.1, -0.05) is 12.8 Å². The van der Waals surface area contributed by atoms with Crippen LogP contribution in [-0.4, -0.2) is 35.1 Å². The molecule has 1 aliphatic rings. The zero-order chi connectivity index (χ0) is 13.7. The smallest absolute Gasteiger partial charge is 0.134 e. The Balaban J connectivity index is 2.01. The van der Waals surface area contributed by atoms with E-state index < -0.39 is 0 Å². The van der Waals surface area contributed by atoms with Crippen LogP contribution in [0.1, 0.15) is 39.5 Å². The van der Waals surface area contributed by atoms with E-state index in [1.807, 2.05) is 19.9 Å². The third-order valence-corrected chi connectivity index (χ3v) is 3.31. The topological polar surface area (TPSA) is 67.1 Å². The van der Waals surface area contributed by atoms with Gasteiger partial charge in [0.25, 0.3) is 0 Å². The van der Waals surface area contributed by atoms with E-state index in [9.17, 15) is 0 Å². The lowest BCUT2D eigenvalue weighted by atomic mass is 10.1. The molecule has 106 valence electrons. The van der Waals surface area contributed by atoms with E-state index in [2.05, 4.69) is 20.2 Å². The largest absolute Gasteiger partial charge is 0.368 e. The van der Waals surface area contributed by atoms with E-state index >= 15 is 0 Å². The van der Waals surface area contributed by atoms with Crippen molar-refractivity contribution in [2.75, 3.05) is 29.9 Å². The second kappa shape index (κ2) is 6.19. The molecule has 1 fully saturated rings. The van der Waals surface area contributed by atoms with Gasteiger partial charge in [-0.3, -0.25) is 0 Å². The van der Waals surface area contributed by atoms with Gasteiger partial charge in [0.15, 0.2) is 0 Å². The van der Waals surface area contributed by atoms with Gasteiger partial charge in [-0.2, -0.15) is 0 Å². The Bertz CT molecular complexity index is 391. The van der Waals surface area contributed by atoms with Gasteiger partial charge in [0.2, 0.25) is 0 Å². The van der Waals surface area contributed by atoms with Crippen LogP contribution in [0.3, 0.4) is 0 Å².